The number of hydrogen-bond donors (Lipinski definition) is 1. The molecule has 1 aromatic heterocycles. The summed E-state index contributed by atoms with van der Waals surface area (Å²) in [5.74, 6) is 0.612. The average Bonchev–Trinajstić information content (AvgIpc) is 2.66. The van der Waals surface area contributed by atoms with Crippen LogP contribution in [0.5, 0.6) is 0 Å². The second-order valence-electron chi connectivity index (χ2n) is 3.71. The Morgan fingerprint density at radius 1 is 1.36 bits per heavy atom. The molecule has 4 heteroatoms. The third kappa shape index (κ3) is 2.00. The topological polar surface area (TPSA) is 51.8 Å². The Hall–Kier alpha value is -0.770. The SMILES string of the molecule is Cc1c(N)ncnc1SC1CCCC1. The van der Waals surface area contributed by atoms with Crippen LogP contribution in [0.2, 0.25) is 0 Å². The van der Waals surface area contributed by atoms with Crippen LogP contribution in [0.25, 0.3) is 0 Å². The molecule has 1 aromatic rings. The number of thioether (sulfide) groups is 1. The second kappa shape index (κ2) is 4.17. The van der Waals surface area contributed by atoms with E-state index >= 15 is 0 Å². The molecule has 0 spiro atoms. The highest BCUT2D eigenvalue weighted by Gasteiger charge is 2.18. The highest BCUT2D eigenvalue weighted by molar-refractivity contribution is 7.99. The molecule has 0 atom stereocenters. The maximum absolute atomic E-state index is 5.73. The standard InChI is InChI=1S/C10H15N3S/c1-7-9(11)12-6-13-10(7)14-8-4-2-3-5-8/h6,8H,2-5H2,1H3,(H2,11,12,13). The fourth-order valence-corrected chi connectivity index (χ4v) is 3.00. The van der Waals surface area contributed by atoms with Gasteiger partial charge in [-0.2, -0.15) is 0 Å². The normalized spacial score (nSPS) is 17.5. The van der Waals surface area contributed by atoms with Crippen LogP contribution in [0.4, 0.5) is 5.82 Å². The zero-order chi connectivity index (χ0) is 9.97. The Morgan fingerprint density at radius 3 is 2.79 bits per heavy atom. The lowest BCUT2D eigenvalue weighted by Gasteiger charge is -2.10. The van der Waals surface area contributed by atoms with E-state index in [-0.39, 0.29) is 0 Å². The summed E-state index contributed by atoms with van der Waals surface area (Å²) in [7, 11) is 0. The van der Waals surface area contributed by atoms with Crippen molar-refractivity contribution in [2.45, 2.75) is 42.9 Å². The van der Waals surface area contributed by atoms with Gasteiger partial charge in [-0.15, -0.1) is 11.8 Å². The van der Waals surface area contributed by atoms with Crippen molar-refractivity contribution < 1.29 is 0 Å². The van der Waals surface area contributed by atoms with Crippen molar-refractivity contribution in [3.8, 4) is 0 Å². The van der Waals surface area contributed by atoms with Crippen molar-refractivity contribution in [2.24, 2.45) is 0 Å². The van der Waals surface area contributed by atoms with Crippen molar-refractivity contribution in [1.82, 2.24) is 9.97 Å². The average molecular weight is 209 g/mol. The molecule has 1 aliphatic carbocycles. The van der Waals surface area contributed by atoms with Gasteiger partial charge in [0.15, 0.2) is 0 Å². The monoisotopic (exact) mass is 209 g/mol. The fraction of sp³-hybridized carbons (Fsp3) is 0.600. The Kier molecular flexibility index (Phi) is 2.91. The molecule has 1 fully saturated rings. The maximum atomic E-state index is 5.73. The molecule has 0 radical (unpaired) electrons. The molecule has 2 N–H and O–H groups in total. The number of hydrogen-bond acceptors (Lipinski definition) is 4. The predicted octanol–water partition coefficient (Wildman–Crippen LogP) is 2.40. The summed E-state index contributed by atoms with van der Waals surface area (Å²) in [5.41, 5.74) is 6.76. The molecule has 0 bridgehead atoms. The molecule has 3 nitrogen and oxygen atoms in total. The number of nitrogens with two attached hydrogens (primary N) is 1. The molecule has 0 aliphatic heterocycles. The minimum Gasteiger partial charge on any atom is -0.383 e. The van der Waals surface area contributed by atoms with Crippen molar-refractivity contribution in [3.63, 3.8) is 0 Å². The van der Waals surface area contributed by atoms with Gasteiger partial charge in [-0.25, -0.2) is 9.97 Å². The number of nitrogen functional groups attached to an aromatic ring is 1. The highest BCUT2D eigenvalue weighted by Crippen LogP contribution is 2.35. The molecular weight excluding hydrogens is 194 g/mol. The van der Waals surface area contributed by atoms with E-state index in [1.54, 1.807) is 6.33 Å². The molecule has 1 heterocycles. The first-order valence-electron chi connectivity index (χ1n) is 5.01. The van der Waals surface area contributed by atoms with Crippen molar-refractivity contribution in [2.75, 3.05) is 5.73 Å². The Morgan fingerprint density at radius 2 is 2.07 bits per heavy atom. The Bertz CT molecular complexity index is 321. The summed E-state index contributed by atoms with van der Waals surface area (Å²) in [4.78, 5) is 8.24. The lowest BCUT2D eigenvalue weighted by atomic mass is 10.3. The van der Waals surface area contributed by atoms with Gasteiger partial charge in [-0.1, -0.05) is 12.8 Å². The summed E-state index contributed by atoms with van der Waals surface area (Å²) in [6.45, 7) is 1.99. The molecular formula is C10H15N3S. The van der Waals surface area contributed by atoms with Crippen LogP contribution in [0, 0.1) is 6.92 Å². The van der Waals surface area contributed by atoms with E-state index in [1.807, 2.05) is 18.7 Å². The van der Waals surface area contributed by atoms with Crippen molar-refractivity contribution in [1.29, 1.82) is 0 Å². The smallest absolute Gasteiger partial charge is 0.130 e. The zero-order valence-electron chi connectivity index (χ0n) is 8.36. The lowest BCUT2D eigenvalue weighted by Crippen LogP contribution is -2.01. The summed E-state index contributed by atoms with van der Waals surface area (Å²) >= 11 is 1.86. The van der Waals surface area contributed by atoms with Gasteiger partial charge in [0, 0.05) is 10.8 Å². The first-order chi connectivity index (χ1) is 6.77. The number of aromatic nitrogens is 2. The number of nitrogens with zero attached hydrogens (tertiary/aromatic N) is 2. The Balaban J connectivity index is 2.11. The van der Waals surface area contributed by atoms with Gasteiger partial charge in [0.1, 0.15) is 17.2 Å². The molecule has 14 heavy (non-hydrogen) atoms. The molecule has 1 saturated carbocycles. The Labute approximate surface area is 88.5 Å². The van der Waals surface area contributed by atoms with E-state index < -0.39 is 0 Å². The van der Waals surface area contributed by atoms with Crippen molar-refractivity contribution >= 4 is 17.6 Å². The summed E-state index contributed by atoms with van der Waals surface area (Å²) in [5, 5.41) is 1.80. The van der Waals surface area contributed by atoms with Crippen LogP contribution in [0.1, 0.15) is 31.2 Å². The first-order valence-corrected chi connectivity index (χ1v) is 5.89. The van der Waals surface area contributed by atoms with E-state index in [1.165, 1.54) is 25.7 Å². The van der Waals surface area contributed by atoms with Gasteiger partial charge in [-0.3, -0.25) is 0 Å². The van der Waals surface area contributed by atoms with Crippen LogP contribution in [-0.4, -0.2) is 15.2 Å². The molecule has 0 aromatic carbocycles. The second-order valence-corrected chi connectivity index (χ2v) is 5.00. The first kappa shape index (κ1) is 9.77. The van der Waals surface area contributed by atoms with Gasteiger partial charge >= 0.3 is 0 Å². The molecule has 76 valence electrons. The van der Waals surface area contributed by atoms with Gasteiger partial charge in [0.25, 0.3) is 0 Å². The fourth-order valence-electron chi connectivity index (χ4n) is 1.73. The minimum absolute atomic E-state index is 0.612. The molecule has 0 amide bonds. The van der Waals surface area contributed by atoms with Gasteiger partial charge < -0.3 is 5.73 Å². The van der Waals surface area contributed by atoms with E-state index in [0.29, 0.717) is 5.82 Å². The highest BCUT2D eigenvalue weighted by atomic mass is 32.2. The number of anilines is 1. The zero-order valence-corrected chi connectivity index (χ0v) is 9.18. The quantitative estimate of drug-likeness (QED) is 0.760. The minimum atomic E-state index is 0.612. The molecule has 1 aliphatic rings. The van der Waals surface area contributed by atoms with Crippen LogP contribution in [0.3, 0.4) is 0 Å². The van der Waals surface area contributed by atoms with Crippen LogP contribution < -0.4 is 5.73 Å². The van der Waals surface area contributed by atoms with Crippen LogP contribution in [-0.2, 0) is 0 Å². The van der Waals surface area contributed by atoms with E-state index in [9.17, 15) is 0 Å². The third-order valence-corrected chi connectivity index (χ3v) is 4.10. The summed E-state index contributed by atoms with van der Waals surface area (Å²) in [6, 6.07) is 0. The molecule has 2 rings (SSSR count). The van der Waals surface area contributed by atoms with E-state index in [2.05, 4.69) is 9.97 Å². The third-order valence-electron chi connectivity index (χ3n) is 2.66. The lowest BCUT2D eigenvalue weighted by molar-refractivity contribution is 0.886. The van der Waals surface area contributed by atoms with E-state index in [0.717, 1.165) is 15.8 Å². The molecule has 0 unspecified atom stereocenters. The van der Waals surface area contributed by atoms with E-state index in [4.69, 9.17) is 5.73 Å². The number of rotatable bonds is 2. The van der Waals surface area contributed by atoms with Gasteiger partial charge in [-0.05, 0) is 19.8 Å². The molecule has 0 saturated heterocycles. The summed E-state index contributed by atoms with van der Waals surface area (Å²) < 4.78 is 0. The van der Waals surface area contributed by atoms with Crippen molar-refractivity contribution in [3.05, 3.63) is 11.9 Å². The summed E-state index contributed by atoms with van der Waals surface area (Å²) in [6.07, 6.45) is 6.90. The van der Waals surface area contributed by atoms with Crippen LogP contribution in [0.15, 0.2) is 11.4 Å². The van der Waals surface area contributed by atoms with Gasteiger partial charge in [0.05, 0.1) is 0 Å². The largest absolute Gasteiger partial charge is 0.383 e. The predicted molar refractivity (Wildman–Crippen MR) is 59.3 cm³/mol. The van der Waals surface area contributed by atoms with Crippen LogP contribution >= 0.6 is 11.8 Å². The van der Waals surface area contributed by atoms with Gasteiger partial charge in [0.2, 0.25) is 0 Å². The maximum Gasteiger partial charge on any atom is 0.130 e.